The van der Waals surface area contributed by atoms with Gasteiger partial charge in [-0.15, -0.1) is 0 Å². The number of nitrogens with zero attached hydrogens (tertiary/aromatic N) is 2. The van der Waals surface area contributed by atoms with Crippen LogP contribution in [0.5, 0.6) is 0 Å². The first-order chi connectivity index (χ1) is 9.68. The zero-order valence-corrected chi connectivity index (χ0v) is 13.2. The lowest BCUT2D eigenvalue weighted by Crippen LogP contribution is -2.64. The Morgan fingerprint density at radius 3 is 2.85 bits per heavy atom. The molecule has 4 nitrogen and oxygen atoms in total. The van der Waals surface area contributed by atoms with Crippen molar-refractivity contribution in [2.24, 2.45) is 11.7 Å². The van der Waals surface area contributed by atoms with E-state index in [-0.39, 0.29) is 5.54 Å². The van der Waals surface area contributed by atoms with Crippen LogP contribution in [0.15, 0.2) is 0 Å². The SMILES string of the molecule is COC1CN(C2(CN)CCN3CCCC3C2)CCC1C. The predicted molar refractivity (Wildman–Crippen MR) is 81.8 cm³/mol. The highest BCUT2D eigenvalue weighted by Gasteiger charge is 2.46. The van der Waals surface area contributed by atoms with Gasteiger partial charge >= 0.3 is 0 Å². The zero-order valence-electron chi connectivity index (χ0n) is 13.2. The van der Waals surface area contributed by atoms with Gasteiger partial charge in [-0.25, -0.2) is 0 Å². The van der Waals surface area contributed by atoms with E-state index in [2.05, 4.69) is 16.7 Å². The van der Waals surface area contributed by atoms with Gasteiger partial charge in [0.15, 0.2) is 0 Å². The maximum absolute atomic E-state index is 6.27. The van der Waals surface area contributed by atoms with Gasteiger partial charge < -0.3 is 15.4 Å². The fraction of sp³-hybridized carbons (Fsp3) is 1.00. The highest BCUT2D eigenvalue weighted by Crippen LogP contribution is 2.38. The summed E-state index contributed by atoms with van der Waals surface area (Å²) < 4.78 is 5.71. The van der Waals surface area contributed by atoms with Gasteiger partial charge in [-0.05, 0) is 51.1 Å². The third kappa shape index (κ3) is 2.52. The van der Waals surface area contributed by atoms with Crippen molar-refractivity contribution in [3.63, 3.8) is 0 Å². The van der Waals surface area contributed by atoms with Crippen LogP contribution in [0.2, 0.25) is 0 Å². The molecular weight excluding hydrogens is 250 g/mol. The number of nitrogens with two attached hydrogens (primary N) is 1. The Bertz CT molecular complexity index is 338. The number of ether oxygens (including phenoxy) is 1. The Labute approximate surface area is 123 Å². The summed E-state index contributed by atoms with van der Waals surface area (Å²) in [6, 6.07) is 0.785. The second kappa shape index (κ2) is 5.91. The van der Waals surface area contributed by atoms with Crippen molar-refractivity contribution < 1.29 is 4.74 Å². The van der Waals surface area contributed by atoms with Crippen LogP contribution >= 0.6 is 0 Å². The minimum Gasteiger partial charge on any atom is -0.380 e. The zero-order chi connectivity index (χ0) is 14.2. The Hall–Kier alpha value is -0.160. The fourth-order valence-electron chi connectivity index (χ4n) is 4.69. The van der Waals surface area contributed by atoms with Crippen LogP contribution in [0.1, 0.15) is 39.0 Å². The van der Waals surface area contributed by atoms with Gasteiger partial charge in [0, 0.05) is 38.3 Å². The average molecular weight is 281 g/mol. The van der Waals surface area contributed by atoms with Crippen LogP contribution in [-0.2, 0) is 4.74 Å². The minimum absolute atomic E-state index is 0.239. The normalized spacial score (nSPS) is 43.6. The third-order valence-electron chi connectivity index (χ3n) is 6.22. The van der Waals surface area contributed by atoms with Crippen molar-refractivity contribution in [3.05, 3.63) is 0 Å². The van der Waals surface area contributed by atoms with Gasteiger partial charge in [-0.2, -0.15) is 0 Å². The topological polar surface area (TPSA) is 41.7 Å². The van der Waals surface area contributed by atoms with Crippen LogP contribution in [-0.4, -0.2) is 67.3 Å². The summed E-state index contributed by atoms with van der Waals surface area (Å²) in [5.41, 5.74) is 6.51. The molecular formula is C16H31N3O. The molecule has 0 radical (unpaired) electrons. The molecule has 20 heavy (non-hydrogen) atoms. The number of methoxy groups -OCH3 is 1. The van der Waals surface area contributed by atoms with Crippen LogP contribution in [0, 0.1) is 5.92 Å². The Morgan fingerprint density at radius 2 is 2.10 bits per heavy atom. The second-order valence-electron chi connectivity index (χ2n) is 7.20. The van der Waals surface area contributed by atoms with Gasteiger partial charge in [-0.3, -0.25) is 4.90 Å². The molecule has 0 amide bonds. The molecule has 0 spiro atoms. The van der Waals surface area contributed by atoms with E-state index in [4.69, 9.17) is 10.5 Å². The van der Waals surface area contributed by atoms with Crippen LogP contribution < -0.4 is 5.73 Å². The molecule has 0 aromatic heterocycles. The molecule has 116 valence electrons. The minimum atomic E-state index is 0.239. The molecule has 4 unspecified atom stereocenters. The first kappa shape index (κ1) is 14.8. The molecule has 4 heteroatoms. The number of rotatable bonds is 3. The molecule has 0 bridgehead atoms. The number of likely N-dealkylation sites (tertiary alicyclic amines) is 1. The molecule has 3 rings (SSSR count). The smallest absolute Gasteiger partial charge is 0.0724 e. The van der Waals surface area contributed by atoms with Gasteiger partial charge in [0.1, 0.15) is 0 Å². The maximum Gasteiger partial charge on any atom is 0.0724 e. The molecule has 4 atom stereocenters. The molecule has 0 saturated carbocycles. The Balaban J connectivity index is 1.72. The first-order valence-corrected chi connectivity index (χ1v) is 8.40. The van der Waals surface area contributed by atoms with Crippen molar-refractivity contribution in [2.75, 3.05) is 39.8 Å². The van der Waals surface area contributed by atoms with Crippen molar-refractivity contribution >= 4 is 0 Å². The van der Waals surface area contributed by atoms with Gasteiger partial charge in [-0.1, -0.05) is 6.92 Å². The predicted octanol–water partition coefficient (Wildman–Crippen LogP) is 1.30. The van der Waals surface area contributed by atoms with E-state index in [0.717, 1.165) is 19.1 Å². The molecule has 3 aliphatic rings. The summed E-state index contributed by atoms with van der Waals surface area (Å²) in [4.78, 5) is 5.37. The summed E-state index contributed by atoms with van der Waals surface area (Å²) in [6.07, 6.45) is 6.89. The van der Waals surface area contributed by atoms with E-state index in [9.17, 15) is 0 Å². The lowest BCUT2D eigenvalue weighted by atomic mass is 9.79. The number of piperidine rings is 2. The summed E-state index contributed by atoms with van der Waals surface area (Å²) in [6.45, 7) is 7.95. The van der Waals surface area contributed by atoms with E-state index in [1.165, 1.54) is 51.7 Å². The lowest BCUT2D eigenvalue weighted by Gasteiger charge is -2.53. The van der Waals surface area contributed by atoms with Crippen LogP contribution in [0.3, 0.4) is 0 Å². The highest BCUT2D eigenvalue weighted by molar-refractivity contribution is 5.03. The molecule has 0 aromatic rings. The number of hydrogen-bond acceptors (Lipinski definition) is 4. The standard InChI is InChI=1S/C16H31N3O/c1-13-5-8-19(11-15(13)20-2)16(12-17)6-9-18-7-3-4-14(18)10-16/h13-15H,3-12,17H2,1-2H3. The molecule has 3 heterocycles. The number of hydrogen-bond donors (Lipinski definition) is 1. The summed E-state index contributed by atoms with van der Waals surface area (Å²) >= 11 is 0. The van der Waals surface area contributed by atoms with Gasteiger partial charge in [0.25, 0.3) is 0 Å². The summed E-state index contributed by atoms with van der Waals surface area (Å²) in [7, 11) is 1.86. The molecule has 3 fully saturated rings. The van der Waals surface area contributed by atoms with Crippen molar-refractivity contribution in [2.45, 2.75) is 56.7 Å². The highest BCUT2D eigenvalue weighted by atomic mass is 16.5. The van der Waals surface area contributed by atoms with Crippen LogP contribution in [0.4, 0.5) is 0 Å². The largest absolute Gasteiger partial charge is 0.380 e. The van der Waals surface area contributed by atoms with E-state index in [0.29, 0.717) is 12.0 Å². The van der Waals surface area contributed by atoms with E-state index < -0.39 is 0 Å². The van der Waals surface area contributed by atoms with E-state index in [1.54, 1.807) is 0 Å². The average Bonchev–Trinajstić information content (AvgIpc) is 2.94. The molecule has 0 aromatic carbocycles. The lowest BCUT2D eigenvalue weighted by molar-refractivity contribution is -0.0674. The van der Waals surface area contributed by atoms with Crippen molar-refractivity contribution in [1.82, 2.24) is 9.80 Å². The summed E-state index contributed by atoms with van der Waals surface area (Å²) in [5.74, 6) is 0.678. The Morgan fingerprint density at radius 1 is 1.25 bits per heavy atom. The van der Waals surface area contributed by atoms with Crippen molar-refractivity contribution in [3.8, 4) is 0 Å². The molecule has 2 N–H and O–H groups in total. The molecule has 3 aliphatic heterocycles. The summed E-state index contributed by atoms with van der Waals surface area (Å²) in [5, 5.41) is 0. The van der Waals surface area contributed by atoms with E-state index >= 15 is 0 Å². The number of fused-ring (bicyclic) bond motifs is 1. The first-order valence-electron chi connectivity index (χ1n) is 8.40. The van der Waals surface area contributed by atoms with Gasteiger partial charge in [0.05, 0.1) is 6.10 Å². The maximum atomic E-state index is 6.27. The molecule has 3 saturated heterocycles. The second-order valence-corrected chi connectivity index (χ2v) is 7.20. The van der Waals surface area contributed by atoms with Gasteiger partial charge in [0.2, 0.25) is 0 Å². The van der Waals surface area contributed by atoms with Crippen LogP contribution in [0.25, 0.3) is 0 Å². The fourth-order valence-corrected chi connectivity index (χ4v) is 4.69. The monoisotopic (exact) mass is 281 g/mol. The third-order valence-corrected chi connectivity index (χ3v) is 6.22. The quantitative estimate of drug-likeness (QED) is 0.847. The van der Waals surface area contributed by atoms with Crippen molar-refractivity contribution in [1.29, 1.82) is 0 Å². The molecule has 0 aliphatic carbocycles. The Kier molecular flexibility index (Phi) is 4.37. The van der Waals surface area contributed by atoms with E-state index in [1.807, 2.05) is 7.11 Å².